The minimum Gasteiger partial charge on any atom is -0.351 e. The van der Waals surface area contributed by atoms with Crippen molar-refractivity contribution in [2.45, 2.75) is 6.54 Å². The summed E-state index contributed by atoms with van der Waals surface area (Å²) >= 11 is 0. The van der Waals surface area contributed by atoms with Gasteiger partial charge in [-0.15, -0.1) is 0 Å². The Morgan fingerprint density at radius 1 is 0.935 bits per heavy atom. The van der Waals surface area contributed by atoms with Gasteiger partial charge in [0.1, 0.15) is 5.82 Å². The molecular formula is C23H24FN5O2. The molecule has 0 atom stereocenters. The van der Waals surface area contributed by atoms with Crippen molar-refractivity contribution in [3.05, 3.63) is 83.9 Å². The minimum atomic E-state index is -0.321. The lowest BCUT2D eigenvalue weighted by Gasteiger charge is -2.33. The monoisotopic (exact) mass is 421 g/mol. The van der Waals surface area contributed by atoms with Gasteiger partial charge in [-0.2, -0.15) is 5.10 Å². The standard InChI is InChI=1S/C23H24FN5O2/c24-19-6-8-20(9-7-19)29-11-10-21(26-29)23(31)28-14-12-27(13-15-28)17-22(30)25-16-18-4-2-1-3-5-18/h1-11H,12-17H2,(H,25,30). The molecule has 0 saturated carbocycles. The molecule has 1 aliphatic heterocycles. The lowest BCUT2D eigenvalue weighted by molar-refractivity contribution is -0.122. The van der Waals surface area contributed by atoms with Crippen molar-refractivity contribution in [3.8, 4) is 5.69 Å². The third kappa shape index (κ3) is 5.35. The van der Waals surface area contributed by atoms with Crippen LogP contribution in [0, 0.1) is 5.82 Å². The second-order valence-corrected chi connectivity index (χ2v) is 7.45. The first kappa shape index (κ1) is 20.7. The molecule has 1 N–H and O–H groups in total. The van der Waals surface area contributed by atoms with Crippen LogP contribution in [0.3, 0.4) is 0 Å². The lowest BCUT2D eigenvalue weighted by atomic mass is 10.2. The maximum Gasteiger partial charge on any atom is 0.274 e. The highest BCUT2D eigenvalue weighted by atomic mass is 19.1. The highest BCUT2D eigenvalue weighted by molar-refractivity contribution is 5.92. The van der Waals surface area contributed by atoms with Gasteiger partial charge in [0, 0.05) is 38.9 Å². The maximum atomic E-state index is 13.1. The van der Waals surface area contributed by atoms with Crippen LogP contribution in [0.5, 0.6) is 0 Å². The fourth-order valence-corrected chi connectivity index (χ4v) is 3.50. The van der Waals surface area contributed by atoms with E-state index in [0.29, 0.717) is 50.6 Å². The average Bonchev–Trinajstić information content (AvgIpc) is 3.29. The van der Waals surface area contributed by atoms with Gasteiger partial charge in [-0.25, -0.2) is 9.07 Å². The Morgan fingerprint density at radius 2 is 1.65 bits per heavy atom. The molecule has 31 heavy (non-hydrogen) atoms. The van der Waals surface area contributed by atoms with E-state index in [1.807, 2.05) is 35.2 Å². The number of aromatic nitrogens is 2. The summed E-state index contributed by atoms with van der Waals surface area (Å²) in [5.74, 6) is -0.491. The number of hydrogen-bond acceptors (Lipinski definition) is 4. The second-order valence-electron chi connectivity index (χ2n) is 7.45. The molecule has 0 unspecified atom stereocenters. The Labute approximate surface area is 180 Å². The van der Waals surface area contributed by atoms with Crippen LogP contribution in [-0.4, -0.2) is 64.1 Å². The molecule has 1 fully saturated rings. The Balaban J connectivity index is 1.25. The Hall–Kier alpha value is -3.52. The van der Waals surface area contributed by atoms with Crippen molar-refractivity contribution in [1.82, 2.24) is 24.9 Å². The van der Waals surface area contributed by atoms with Crippen molar-refractivity contribution in [3.63, 3.8) is 0 Å². The van der Waals surface area contributed by atoms with Crippen LogP contribution in [0.2, 0.25) is 0 Å². The van der Waals surface area contributed by atoms with Crippen LogP contribution in [0.15, 0.2) is 66.9 Å². The summed E-state index contributed by atoms with van der Waals surface area (Å²) in [5.41, 5.74) is 2.09. The summed E-state index contributed by atoms with van der Waals surface area (Å²) in [7, 11) is 0. The van der Waals surface area contributed by atoms with E-state index >= 15 is 0 Å². The van der Waals surface area contributed by atoms with Crippen LogP contribution < -0.4 is 5.32 Å². The minimum absolute atomic E-state index is 0.0262. The Morgan fingerprint density at radius 3 is 2.35 bits per heavy atom. The van der Waals surface area contributed by atoms with Crippen molar-refractivity contribution in [2.75, 3.05) is 32.7 Å². The summed E-state index contributed by atoms with van der Waals surface area (Å²) in [6.45, 7) is 3.15. The SMILES string of the molecule is O=C(CN1CCN(C(=O)c2ccn(-c3ccc(F)cc3)n2)CC1)NCc1ccccc1. The van der Waals surface area contributed by atoms with Crippen LogP contribution in [0.4, 0.5) is 4.39 Å². The van der Waals surface area contributed by atoms with Gasteiger partial charge in [0.15, 0.2) is 5.69 Å². The third-order valence-corrected chi connectivity index (χ3v) is 5.26. The first-order chi connectivity index (χ1) is 15.1. The van der Waals surface area contributed by atoms with E-state index in [2.05, 4.69) is 10.4 Å². The molecule has 0 radical (unpaired) electrons. The summed E-state index contributed by atoms with van der Waals surface area (Å²) in [6, 6.07) is 17.4. The van der Waals surface area contributed by atoms with Gasteiger partial charge in [0.2, 0.25) is 5.91 Å². The van der Waals surface area contributed by atoms with Crippen molar-refractivity contribution >= 4 is 11.8 Å². The van der Waals surface area contributed by atoms with E-state index in [0.717, 1.165) is 5.56 Å². The zero-order valence-electron chi connectivity index (χ0n) is 17.1. The predicted octanol–water partition coefficient (Wildman–Crippen LogP) is 2.09. The lowest BCUT2D eigenvalue weighted by Crippen LogP contribution is -2.51. The van der Waals surface area contributed by atoms with Gasteiger partial charge in [0.05, 0.1) is 12.2 Å². The molecule has 1 saturated heterocycles. The number of halogens is 1. The van der Waals surface area contributed by atoms with Crippen LogP contribution >= 0.6 is 0 Å². The van der Waals surface area contributed by atoms with Gasteiger partial charge in [-0.05, 0) is 35.9 Å². The molecule has 1 aromatic heterocycles. The van der Waals surface area contributed by atoms with E-state index in [1.54, 1.807) is 34.0 Å². The van der Waals surface area contributed by atoms with Crippen LogP contribution in [0.25, 0.3) is 5.69 Å². The van der Waals surface area contributed by atoms with E-state index in [4.69, 9.17) is 0 Å². The number of carbonyl (C=O) groups excluding carboxylic acids is 2. The van der Waals surface area contributed by atoms with Crippen molar-refractivity contribution < 1.29 is 14.0 Å². The molecule has 4 rings (SSSR count). The molecular weight excluding hydrogens is 397 g/mol. The number of amides is 2. The number of hydrogen-bond donors (Lipinski definition) is 1. The number of benzene rings is 2. The number of carbonyl (C=O) groups is 2. The summed E-state index contributed by atoms with van der Waals surface area (Å²) in [5, 5.41) is 7.26. The summed E-state index contributed by atoms with van der Waals surface area (Å²) in [4.78, 5) is 28.8. The quantitative estimate of drug-likeness (QED) is 0.662. The molecule has 0 aliphatic carbocycles. The molecule has 2 amide bonds. The number of piperazine rings is 1. The van der Waals surface area contributed by atoms with Gasteiger partial charge >= 0.3 is 0 Å². The largest absolute Gasteiger partial charge is 0.351 e. The molecule has 2 heterocycles. The Kier molecular flexibility index (Phi) is 6.37. The molecule has 2 aromatic carbocycles. The molecule has 0 bridgehead atoms. The zero-order chi connectivity index (χ0) is 21.6. The normalized spacial score (nSPS) is 14.4. The van der Waals surface area contributed by atoms with Crippen LogP contribution in [-0.2, 0) is 11.3 Å². The maximum absolute atomic E-state index is 13.1. The molecule has 1 aliphatic rings. The van der Waals surface area contributed by atoms with Gasteiger partial charge in [-0.3, -0.25) is 14.5 Å². The van der Waals surface area contributed by atoms with E-state index in [9.17, 15) is 14.0 Å². The highest BCUT2D eigenvalue weighted by Crippen LogP contribution is 2.12. The van der Waals surface area contributed by atoms with Crippen molar-refractivity contribution in [2.24, 2.45) is 0 Å². The summed E-state index contributed by atoms with van der Waals surface area (Å²) < 4.78 is 14.6. The fourth-order valence-electron chi connectivity index (χ4n) is 3.50. The van der Waals surface area contributed by atoms with Crippen molar-refractivity contribution in [1.29, 1.82) is 0 Å². The smallest absolute Gasteiger partial charge is 0.274 e. The van der Waals surface area contributed by atoms with Gasteiger partial charge in [-0.1, -0.05) is 30.3 Å². The summed E-state index contributed by atoms with van der Waals surface area (Å²) in [6.07, 6.45) is 1.69. The van der Waals surface area contributed by atoms with Gasteiger partial charge < -0.3 is 10.2 Å². The number of rotatable bonds is 6. The predicted molar refractivity (Wildman–Crippen MR) is 114 cm³/mol. The molecule has 7 nitrogen and oxygen atoms in total. The number of nitrogens with zero attached hydrogens (tertiary/aromatic N) is 4. The third-order valence-electron chi connectivity index (χ3n) is 5.26. The average molecular weight is 421 g/mol. The second kappa shape index (κ2) is 9.53. The highest BCUT2D eigenvalue weighted by Gasteiger charge is 2.24. The first-order valence-corrected chi connectivity index (χ1v) is 10.2. The molecule has 8 heteroatoms. The van der Waals surface area contributed by atoms with Crippen LogP contribution in [0.1, 0.15) is 16.1 Å². The number of nitrogens with one attached hydrogen (secondary N) is 1. The Bertz CT molecular complexity index is 1030. The molecule has 160 valence electrons. The van der Waals surface area contributed by atoms with E-state index in [1.165, 1.54) is 12.1 Å². The zero-order valence-corrected chi connectivity index (χ0v) is 17.1. The topological polar surface area (TPSA) is 70.5 Å². The van der Waals surface area contributed by atoms with E-state index < -0.39 is 0 Å². The molecule has 3 aromatic rings. The van der Waals surface area contributed by atoms with Gasteiger partial charge in [0.25, 0.3) is 5.91 Å². The first-order valence-electron chi connectivity index (χ1n) is 10.2. The fraction of sp³-hybridized carbons (Fsp3) is 0.261. The molecule has 0 spiro atoms. The van der Waals surface area contributed by atoms with E-state index in [-0.39, 0.29) is 17.6 Å².